The van der Waals surface area contributed by atoms with Crippen molar-refractivity contribution in [2.45, 2.75) is 18.3 Å². The van der Waals surface area contributed by atoms with Crippen molar-refractivity contribution in [3.05, 3.63) is 53.0 Å². The zero-order valence-corrected chi connectivity index (χ0v) is 14.0. The first kappa shape index (κ1) is 16.8. The summed E-state index contributed by atoms with van der Waals surface area (Å²) in [7, 11) is 0. The molecule has 1 amide bonds. The summed E-state index contributed by atoms with van der Waals surface area (Å²) in [5.41, 5.74) is 2.61. The van der Waals surface area contributed by atoms with E-state index in [1.54, 1.807) is 24.7 Å². The second-order valence-electron chi connectivity index (χ2n) is 5.23. The Labute approximate surface area is 149 Å². The molecule has 7 heteroatoms. The maximum atomic E-state index is 12.4. The molecule has 2 aromatic rings. The van der Waals surface area contributed by atoms with E-state index in [-0.39, 0.29) is 46.6 Å². The molecular formula is C15H11N3NaO3-. The third kappa shape index (κ3) is 2.19. The first-order valence-corrected chi connectivity index (χ1v) is 6.36. The summed E-state index contributed by atoms with van der Waals surface area (Å²) < 4.78 is 0. The number of hydrogen-bond donors (Lipinski definition) is 1. The van der Waals surface area contributed by atoms with E-state index in [0.29, 0.717) is 18.7 Å². The molecule has 6 nitrogen and oxygen atoms in total. The maximum absolute atomic E-state index is 12.4. The van der Waals surface area contributed by atoms with Gasteiger partial charge < -0.3 is 15.6 Å². The van der Waals surface area contributed by atoms with E-state index in [2.05, 4.69) is 15.3 Å². The van der Waals surface area contributed by atoms with Gasteiger partial charge in [0.05, 0.1) is 5.41 Å². The van der Waals surface area contributed by atoms with Crippen LogP contribution in [0.1, 0.15) is 22.4 Å². The topological polar surface area (TPSA) is 102 Å². The minimum Gasteiger partial charge on any atom is -0.870 e. The van der Waals surface area contributed by atoms with Gasteiger partial charge in [0.1, 0.15) is 5.82 Å². The van der Waals surface area contributed by atoms with Crippen LogP contribution in [0.15, 0.2) is 30.6 Å². The number of pyridine rings is 2. The van der Waals surface area contributed by atoms with Gasteiger partial charge in [0, 0.05) is 24.2 Å². The summed E-state index contributed by atoms with van der Waals surface area (Å²) in [6.45, 7) is 0. The van der Waals surface area contributed by atoms with Gasteiger partial charge in [-0.2, -0.15) is 6.07 Å². The molecule has 0 radical (unpaired) electrons. The molecule has 0 saturated heterocycles. The molecule has 3 heterocycles. The van der Waals surface area contributed by atoms with E-state index in [4.69, 9.17) is 0 Å². The first-order chi connectivity index (χ1) is 9.73. The number of anilines is 1. The average molecular weight is 304 g/mol. The predicted octanol–water partition coefficient (Wildman–Crippen LogP) is -2.25. The summed E-state index contributed by atoms with van der Waals surface area (Å²) in [6.07, 6.45) is 6.30. The maximum Gasteiger partial charge on any atom is 1.00 e. The van der Waals surface area contributed by atoms with E-state index in [9.17, 15) is 9.59 Å². The van der Waals surface area contributed by atoms with Crippen molar-refractivity contribution < 1.29 is 44.6 Å². The number of nitrogens with one attached hydrogen (secondary N) is 1. The van der Waals surface area contributed by atoms with Crippen molar-refractivity contribution >= 4 is 18.0 Å². The summed E-state index contributed by atoms with van der Waals surface area (Å²) in [6, 6.07) is 5.50. The number of amides is 1. The van der Waals surface area contributed by atoms with Gasteiger partial charge in [0.25, 0.3) is 0 Å². The summed E-state index contributed by atoms with van der Waals surface area (Å²) in [4.78, 5) is 31.4. The molecule has 1 aliphatic heterocycles. The van der Waals surface area contributed by atoms with Crippen LogP contribution in [0.5, 0.6) is 0 Å². The van der Waals surface area contributed by atoms with Crippen molar-refractivity contribution in [1.29, 1.82) is 0 Å². The van der Waals surface area contributed by atoms with Crippen molar-refractivity contribution in [3.8, 4) is 0 Å². The van der Waals surface area contributed by atoms with Gasteiger partial charge in [0.2, 0.25) is 5.91 Å². The number of carbonyl (C=O) groups is 1. The molecule has 1 spiro atoms. The Morgan fingerprint density at radius 3 is 2.77 bits per heavy atom. The molecule has 4 rings (SSSR count). The molecule has 1 aliphatic carbocycles. The Bertz CT molecular complexity index is 765. The molecular weight excluding hydrogens is 293 g/mol. The van der Waals surface area contributed by atoms with E-state index in [0.717, 1.165) is 16.7 Å². The van der Waals surface area contributed by atoms with Crippen LogP contribution in [0.25, 0.3) is 0 Å². The van der Waals surface area contributed by atoms with Crippen molar-refractivity contribution in [3.63, 3.8) is 0 Å². The fourth-order valence-corrected chi connectivity index (χ4v) is 3.21. The second-order valence-corrected chi connectivity index (χ2v) is 5.23. The molecule has 0 aromatic carbocycles. The van der Waals surface area contributed by atoms with Crippen LogP contribution in [-0.4, -0.2) is 27.6 Å². The number of rotatable bonds is 1. The van der Waals surface area contributed by atoms with E-state index >= 15 is 0 Å². The Balaban J connectivity index is 0.000000882. The van der Waals surface area contributed by atoms with Gasteiger partial charge in [-0.1, -0.05) is 11.8 Å². The van der Waals surface area contributed by atoms with Gasteiger partial charge in [-0.25, -0.2) is 4.98 Å². The molecule has 1 atom stereocenters. The number of carbonyl (C=O) groups excluding carboxylic acids is 2. The Morgan fingerprint density at radius 2 is 2.00 bits per heavy atom. The van der Waals surface area contributed by atoms with Crippen LogP contribution in [0, 0.1) is 0 Å². The SMILES string of the molecule is O=[C-]c1cc2c(cn1)CC1(C2)C(=O)Nc2ncccc21.[Na+].[OH-]. The first-order valence-electron chi connectivity index (χ1n) is 6.36. The number of aromatic nitrogens is 2. The van der Waals surface area contributed by atoms with Gasteiger partial charge in [-0.3, -0.25) is 9.78 Å². The molecule has 0 fully saturated rings. The number of hydrogen-bond acceptors (Lipinski definition) is 5. The Hall–Kier alpha value is -1.60. The summed E-state index contributed by atoms with van der Waals surface area (Å²) in [5.74, 6) is 0.611. The average Bonchev–Trinajstić information content (AvgIpc) is 2.98. The quantitative estimate of drug-likeness (QED) is 0.474. The van der Waals surface area contributed by atoms with E-state index in [1.165, 1.54) is 0 Å². The van der Waals surface area contributed by atoms with Crippen molar-refractivity contribution in [2.24, 2.45) is 0 Å². The summed E-state index contributed by atoms with van der Waals surface area (Å²) >= 11 is 0. The van der Waals surface area contributed by atoms with Gasteiger partial charge in [-0.15, -0.1) is 5.56 Å². The third-order valence-electron chi connectivity index (χ3n) is 4.16. The van der Waals surface area contributed by atoms with Crippen LogP contribution < -0.4 is 34.9 Å². The molecule has 0 saturated carbocycles. The zero-order chi connectivity index (χ0) is 13.7. The molecule has 22 heavy (non-hydrogen) atoms. The van der Waals surface area contributed by atoms with Gasteiger partial charge in [-0.05, 0) is 24.5 Å². The monoisotopic (exact) mass is 304 g/mol. The van der Waals surface area contributed by atoms with Crippen LogP contribution in [0.3, 0.4) is 0 Å². The van der Waals surface area contributed by atoms with Crippen LogP contribution in [0.4, 0.5) is 5.82 Å². The van der Waals surface area contributed by atoms with Crippen molar-refractivity contribution in [1.82, 2.24) is 9.97 Å². The number of fused-ring (bicyclic) bond motifs is 3. The largest absolute Gasteiger partial charge is 1.00 e. The van der Waals surface area contributed by atoms with Crippen LogP contribution in [0.2, 0.25) is 0 Å². The number of nitrogens with zero attached hydrogens (tertiary/aromatic N) is 2. The molecule has 2 aliphatic rings. The Morgan fingerprint density at radius 1 is 1.23 bits per heavy atom. The zero-order valence-electron chi connectivity index (χ0n) is 12.0. The molecule has 2 aromatic heterocycles. The predicted molar refractivity (Wildman–Crippen MR) is 72.9 cm³/mol. The molecule has 106 valence electrons. The van der Waals surface area contributed by atoms with Gasteiger partial charge in [0.15, 0.2) is 0 Å². The van der Waals surface area contributed by atoms with Crippen molar-refractivity contribution in [2.75, 3.05) is 5.32 Å². The van der Waals surface area contributed by atoms with Crippen LogP contribution in [-0.2, 0) is 27.8 Å². The minimum atomic E-state index is -0.602. The normalized spacial score (nSPS) is 20.5. The molecule has 1 unspecified atom stereocenters. The summed E-state index contributed by atoms with van der Waals surface area (Å²) in [5, 5.41) is 2.85. The van der Waals surface area contributed by atoms with Gasteiger partial charge >= 0.3 is 29.6 Å². The van der Waals surface area contributed by atoms with E-state index < -0.39 is 5.41 Å². The second kappa shape index (κ2) is 5.89. The minimum absolute atomic E-state index is 0. The standard InChI is InChI=1S/C15H10N3O2.Na.H2O/c19-8-11-4-9-5-15(6-10(9)7-17-11)12-2-1-3-16-13(12)18-14(15)20;;/h1-4,7H,5-6H2,(H,16,18,20);;1H2/q-1;+1;/p-1. The van der Waals surface area contributed by atoms with E-state index in [1.807, 2.05) is 12.1 Å². The van der Waals surface area contributed by atoms with Crippen LogP contribution >= 0.6 is 0 Å². The fraction of sp³-hybridized carbons (Fsp3) is 0.200. The third-order valence-corrected chi connectivity index (χ3v) is 4.16. The Kier molecular flexibility index (Phi) is 4.49. The molecule has 0 bridgehead atoms. The smallest absolute Gasteiger partial charge is 0.870 e. The fourth-order valence-electron chi connectivity index (χ4n) is 3.21. The molecule has 2 N–H and O–H groups in total.